The van der Waals surface area contributed by atoms with E-state index in [1.807, 2.05) is 33.8 Å². The number of methoxy groups -OCH3 is 1. The first-order valence-corrected chi connectivity index (χ1v) is 8.72. The summed E-state index contributed by atoms with van der Waals surface area (Å²) in [6, 6.07) is 3.18. The van der Waals surface area contributed by atoms with Gasteiger partial charge in [-0.15, -0.1) is 0 Å². The van der Waals surface area contributed by atoms with E-state index < -0.39 is 29.3 Å². The molecule has 0 bridgehead atoms. The van der Waals surface area contributed by atoms with Crippen LogP contribution in [0.2, 0.25) is 0 Å². The molecular formula is C20H23NO5. The van der Waals surface area contributed by atoms with E-state index in [-0.39, 0.29) is 11.3 Å². The molecule has 1 aromatic carbocycles. The number of allylic oxidation sites excluding steroid dienone is 1. The van der Waals surface area contributed by atoms with E-state index in [1.54, 1.807) is 6.07 Å². The fourth-order valence-corrected chi connectivity index (χ4v) is 3.70. The minimum Gasteiger partial charge on any atom is -0.425 e. The molecule has 2 heterocycles. The molecule has 0 saturated heterocycles. The minimum atomic E-state index is -0.658. The van der Waals surface area contributed by atoms with Gasteiger partial charge in [-0.25, -0.2) is 4.79 Å². The van der Waals surface area contributed by atoms with Crippen molar-refractivity contribution in [3.63, 3.8) is 0 Å². The lowest BCUT2D eigenvalue weighted by molar-refractivity contribution is -0.146. The molecular weight excluding hydrogens is 334 g/mol. The number of benzene rings is 1. The van der Waals surface area contributed by atoms with Crippen LogP contribution in [0.3, 0.4) is 0 Å². The highest BCUT2D eigenvalue weighted by atomic mass is 16.6. The molecule has 26 heavy (non-hydrogen) atoms. The molecule has 138 valence electrons. The molecule has 2 aliphatic heterocycles. The average molecular weight is 357 g/mol. The summed E-state index contributed by atoms with van der Waals surface area (Å²) in [5.41, 5.74) is 1.95. The predicted octanol–water partition coefficient (Wildman–Crippen LogP) is 3.13. The fraction of sp³-hybridized carbons (Fsp3) is 0.450. The number of ether oxygens (including phenoxy) is 2. The van der Waals surface area contributed by atoms with Gasteiger partial charge in [0.1, 0.15) is 5.75 Å². The summed E-state index contributed by atoms with van der Waals surface area (Å²) in [6.07, 6.45) is 2.61. The van der Waals surface area contributed by atoms with Crippen molar-refractivity contribution in [3.05, 3.63) is 29.3 Å². The van der Waals surface area contributed by atoms with Crippen LogP contribution in [0.5, 0.6) is 5.75 Å². The van der Waals surface area contributed by atoms with Crippen molar-refractivity contribution in [1.82, 2.24) is 0 Å². The number of amides is 1. The number of carbonyl (C=O) groups excluding carboxylic acids is 3. The fourth-order valence-electron chi connectivity index (χ4n) is 3.70. The highest BCUT2D eigenvalue weighted by molar-refractivity contribution is 6.53. The van der Waals surface area contributed by atoms with Crippen molar-refractivity contribution in [3.8, 4) is 5.75 Å². The molecule has 3 rings (SSSR count). The maximum Gasteiger partial charge on any atom is 0.340 e. The first kappa shape index (κ1) is 18.3. The number of hydrogen-bond acceptors (Lipinski definition) is 5. The van der Waals surface area contributed by atoms with Gasteiger partial charge in [0, 0.05) is 12.7 Å². The third kappa shape index (κ3) is 2.74. The van der Waals surface area contributed by atoms with Gasteiger partial charge in [0.2, 0.25) is 0 Å². The molecule has 0 fully saturated rings. The van der Waals surface area contributed by atoms with Crippen molar-refractivity contribution >= 4 is 28.9 Å². The molecule has 6 heteroatoms. The maximum atomic E-state index is 12.5. The lowest BCUT2D eigenvalue weighted by Gasteiger charge is -2.38. The zero-order valence-electron chi connectivity index (χ0n) is 15.7. The number of nitrogens with zero attached hydrogens (tertiary/aromatic N) is 1. The Labute approximate surface area is 152 Å². The van der Waals surface area contributed by atoms with Crippen molar-refractivity contribution in [2.75, 3.05) is 12.0 Å². The SMILES string of the molecule is CCCC(OC)C(=O)Oc1cc2c3c(c1)C(C)=CC(C)(C)N3C(=O)C2=O. The van der Waals surface area contributed by atoms with Gasteiger partial charge < -0.3 is 9.47 Å². The molecule has 0 N–H and O–H groups in total. The Balaban J connectivity index is 2.04. The van der Waals surface area contributed by atoms with Gasteiger partial charge in [0.05, 0.1) is 16.8 Å². The Kier molecular flexibility index (Phi) is 4.48. The van der Waals surface area contributed by atoms with E-state index >= 15 is 0 Å². The Bertz CT molecular complexity index is 837. The third-order valence-electron chi connectivity index (χ3n) is 4.84. The summed E-state index contributed by atoms with van der Waals surface area (Å²) in [6.45, 7) is 7.65. The second-order valence-corrected chi connectivity index (χ2v) is 7.25. The number of hydrogen-bond donors (Lipinski definition) is 0. The number of esters is 1. The highest BCUT2D eigenvalue weighted by Crippen LogP contribution is 2.46. The van der Waals surface area contributed by atoms with Gasteiger partial charge >= 0.3 is 5.97 Å². The van der Waals surface area contributed by atoms with Gasteiger partial charge in [0.15, 0.2) is 6.10 Å². The number of carbonyl (C=O) groups is 3. The van der Waals surface area contributed by atoms with Crippen LogP contribution in [-0.2, 0) is 14.3 Å². The van der Waals surface area contributed by atoms with Gasteiger partial charge in [-0.3, -0.25) is 14.5 Å². The van der Waals surface area contributed by atoms with Gasteiger partial charge in [-0.2, -0.15) is 0 Å². The smallest absolute Gasteiger partial charge is 0.340 e. The van der Waals surface area contributed by atoms with Crippen LogP contribution in [0, 0.1) is 0 Å². The molecule has 0 radical (unpaired) electrons. The standard InChI is InChI=1S/C20H23NO5/c1-6-7-15(25-5)19(24)26-12-8-13-11(2)10-20(3,4)21-16(13)14(9-12)17(22)18(21)23/h8-10,15H,6-7H2,1-5H3. The van der Waals surface area contributed by atoms with Crippen LogP contribution >= 0.6 is 0 Å². The molecule has 1 amide bonds. The molecule has 1 aromatic rings. The van der Waals surface area contributed by atoms with Crippen molar-refractivity contribution in [1.29, 1.82) is 0 Å². The largest absolute Gasteiger partial charge is 0.425 e. The molecule has 0 spiro atoms. The lowest BCUT2D eigenvalue weighted by Crippen LogP contribution is -2.47. The van der Waals surface area contributed by atoms with Crippen molar-refractivity contribution < 1.29 is 23.9 Å². The number of ketones is 1. The normalized spacial score (nSPS) is 18.5. The predicted molar refractivity (Wildman–Crippen MR) is 97.3 cm³/mol. The summed E-state index contributed by atoms with van der Waals surface area (Å²) < 4.78 is 10.6. The average Bonchev–Trinajstić information content (AvgIpc) is 2.83. The van der Waals surface area contributed by atoms with Crippen LogP contribution in [0.4, 0.5) is 5.69 Å². The number of Topliss-reactive ketones (excluding diaryl/α,β-unsaturated/α-hetero) is 1. The first-order valence-electron chi connectivity index (χ1n) is 8.72. The second-order valence-electron chi connectivity index (χ2n) is 7.25. The minimum absolute atomic E-state index is 0.248. The molecule has 1 atom stereocenters. The molecule has 0 saturated carbocycles. The van der Waals surface area contributed by atoms with Crippen LogP contribution in [-0.4, -0.2) is 36.4 Å². The topological polar surface area (TPSA) is 72.9 Å². The van der Waals surface area contributed by atoms with E-state index in [1.165, 1.54) is 18.1 Å². The molecule has 0 aromatic heterocycles. The third-order valence-corrected chi connectivity index (χ3v) is 4.84. The monoisotopic (exact) mass is 357 g/mol. The molecule has 6 nitrogen and oxygen atoms in total. The summed E-state index contributed by atoms with van der Waals surface area (Å²) in [7, 11) is 1.46. The number of rotatable bonds is 5. The van der Waals surface area contributed by atoms with Gasteiger partial charge in [-0.1, -0.05) is 19.4 Å². The summed E-state index contributed by atoms with van der Waals surface area (Å²) in [4.78, 5) is 38.8. The molecule has 1 unspecified atom stereocenters. The maximum absolute atomic E-state index is 12.5. The van der Waals surface area contributed by atoms with Gasteiger partial charge in [0.25, 0.3) is 11.7 Å². The van der Waals surface area contributed by atoms with Crippen LogP contribution in [0.15, 0.2) is 18.2 Å². The summed E-state index contributed by atoms with van der Waals surface area (Å²) in [5, 5.41) is 0. The second kappa shape index (κ2) is 6.36. The Hall–Kier alpha value is -2.47. The van der Waals surface area contributed by atoms with Crippen LogP contribution < -0.4 is 9.64 Å². The Morgan fingerprint density at radius 1 is 1.23 bits per heavy atom. The zero-order chi connectivity index (χ0) is 19.2. The first-order chi connectivity index (χ1) is 12.2. The summed E-state index contributed by atoms with van der Waals surface area (Å²) >= 11 is 0. The van der Waals surface area contributed by atoms with E-state index in [2.05, 4.69) is 0 Å². The Morgan fingerprint density at radius 2 is 1.88 bits per heavy atom. The van der Waals surface area contributed by atoms with E-state index in [9.17, 15) is 14.4 Å². The van der Waals surface area contributed by atoms with Crippen LogP contribution in [0.1, 0.15) is 56.5 Å². The summed E-state index contributed by atoms with van der Waals surface area (Å²) in [5.74, 6) is -1.39. The van der Waals surface area contributed by atoms with Crippen LogP contribution in [0.25, 0.3) is 5.57 Å². The van der Waals surface area contributed by atoms with E-state index in [0.717, 1.165) is 17.6 Å². The molecule has 0 aliphatic carbocycles. The lowest BCUT2D eigenvalue weighted by atomic mass is 9.89. The van der Waals surface area contributed by atoms with E-state index in [4.69, 9.17) is 9.47 Å². The van der Waals surface area contributed by atoms with Crippen molar-refractivity contribution in [2.45, 2.75) is 52.2 Å². The van der Waals surface area contributed by atoms with Gasteiger partial charge in [-0.05, 0) is 44.9 Å². The zero-order valence-corrected chi connectivity index (χ0v) is 15.7. The highest BCUT2D eigenvalue weighted by Gasteiger charge is 2.47. The quantitative estimate of drug-likeness (QED) is 0.460. The molecule has 2 aliphatic rings. The van der Waals surface area contributed by atoms with E-state index in [0.29, 0.717) is 12.1 Å². The Morgan fingerprint density at radius 3 is 2.50 bits per heavy atom. The number of anilines is 1. The van der Waals surface area contributed by atoms with Crippen molar-refractivity contribution in [2.24, 2.45) is 0 Å².